The van der Waals surface area contributed by atoms with Crippen molar-refractivity contribution in [3.05, 3.63) is 57.8 Å². The zero-order valence-electron chi connectivity index (χ0n) is 9.68. The van der Waals surface area contributed by atoms with Crippen LogP contribution in [0, 0.1) is 0 Å². The molecule has 7 heteroatoms. The Bertz CT molecular complexity index is 674. The van der Waals surface area contributed by atoms with Crippen molar-refractivity contribution >= 4 is 37.6 Å². The molecule has 0 aliphatic rings. The Morgan fingerprint density at radius 3 is 2.53 bits per heavy atom. The standard InChI is InChI=1S/C12H10BrClN2O2S/c13-10-3-1-9(2-4-10)8-16-19(17,18)11-5-6-15-12(14)7-11/h1-7,16H,8H2. The second-order valence-corrected chi connectivity index (χ2v) is 6.84. The molecule has 1 aromatic carbocycles. The Morgan fingerprint density at radius 1 is 1.21 bits per heavy atom. The summed E-state index contributed by atoms with van der Waals surface area (Å²) in [6.07, 6.45) is 1.36. The van der Waals surface area contributed by atoms with Crippen LogP contribution in [-0.4, -0.2) is 13.4 Å². The normalized spacial score (nSPS) is 11.5. The number of pyridine rings is 1. The molecule has 0 spiro atoms. The van der Waals surface area contributed by atoms with Crippen molar-refractivity contribution in [1.82, 2.24) is 9.71 Å². The van der Waals surface area contributed by atoms with E-state index >= 15 is 0 Å². The van der Waals surface area contributed by atoms with Gasteiger partial charge in [0.15, 0.2) is 0 Å². The smallest absolute Gasteiger partial charge is 0.241 e. The SMILES string of the molecule is O=S(=O)(NCc1ccc(Br)cc1)c1ccnc(Cl)c1. The van der Waals surface area contributed by atoms with Gasteiger partial charge in [-0.15, -0.1) is 0 Å². The third-order valence-electron chi connectivity index (χ3n) is 2.39. The van der Waals surface area contributed by atoms with Gasteiger partial charge in [-0.05, 0) is 29.8 Å². The summed E-state index contributed by atoms with van der Waals surface area (Å²) in [4.78, 5) is 3.85. The fourth-order valence-corrected chi connectivity index (χ4v) is 2.95. The van der Waals surface area contributed by atoms with E-state index in [4.69, 9.17) is 11.6 Å². The van der Waals surface area contributed by atoms with Crippen LogP contribution in [0.3, 0.4) is 0 Å². The van der Waals surface area contributed by atoms with Crippen LogP contribution in [0.2, 0.25) is 5.15 Å². The Balaban J connectivity index is 2.12. The van der Waals surface area contributed by atoms with E-state index in [2.05, 4.69) is 25.6 Å². The lowest BCUT2D eigenvalue weighted by Gasteiger charge is -2.07. The van der Waals surface area contributed by atoms with E-state index in [1.54, 1.807) is 0 Å². The van der Waals surface area contributed by atoms with E-state index in [-0.39, 0.29) is 16.6 Å². The highest BCUT2D eigenvalue weighted by atomic mass is 79.9. The molecule has 0 bridgehead atoms. The summed E-state index contributed by atoms with van der Waals surface area (Å²) in [5.74, 6) is 0. The van der Waals surface area contributed by atoms with Gasteiger partial charge in [-0.3, -0.25) is 0 Å². The maximum absolute atomic E-state index is 12.0. The van der Waals surface area contributed by atoms with Crippen molar-refractivity contribution in [3.8, 4) is 0 Å². The molecule has 4 nitrogen and oxygen atoms in total. The number of sulfonamides is 1. The third kappa shape index (κ3) is 4.01. The average Bonchev–Trinajstić information content (AvgIpc) is 2.38. The first kappa shape index (κ1) is 14.5. The second kappa shape index (κ2) is 6.00. The Kier molecular flexibility index (Phi) is 4.57. The van der Waals surface area contributed by atoms with Gasteiger partial charge in [0.2, 0.25) is 10.0 Å². The minimum atomic E-state index is -3.58. The molecule has 2 aromatic rings. The highest BCUT2D eigenvalue weighted by Gasteiger charge is 2.14. The molecule has 1 aromatic heterocycles. The van der Waals surface area contributed by atoms with E-state index in [0.29, 0.717) is 0 Å². The average molecular weight is 362 g/mol. The molecular formula is C12H10BrClN2O2S. The van der Waals surface area contributed by atoms with E-state index in [1.807, 2.05) is 24.3 Å². The molecule has 0 aliphatic carbocycles. The summed E-state index contributed by atoms with van der Waals surface area (Å²) in [5.41, 5.74) is 0.868. The van der Waals surface area contributed by atoms with Gasteiger partial charge < -0.3 is 0 Å². The highest BCUT2D eigenvalue weighted by Crippen LogP contribution is 2.14. The van der Waals surface area contributed by atoms with Gasteiger partial charge in [-0.25, -0.2) is 18.1 Å². The van der Waals surface area contributed by atoms with Gasteiger partial charge in [0.25, 0.3) is 0 Å². The lowest BCUT2D eigenvalue weighted by atomic mass is 10.2. The summed E-state index contributed by atoms with van der Waals surface area (Å²) >= 11 is 9.00. The fraction of sp³-hybridized carbons (Fsp3) is 0.0833. The maximum Gasteiger partial charge on any atom is 0.241 e. The number of benzene rings is 1. The Labute approximate surface area is 125 Å². The second-order valence-electron chi connectivity index (χ2n) is 3.77. The van der Waals surface area contributed by atoms with Gasteiger partial charge in [0, 0.05) is 17.2 Å². The van der Waals surface area contributed by atoms with Crippen LogP contribution < -0.4 is 4.72 Å². The molecule has 1 N–H and O–H groups in total. The van der Waals surface area contributed by atoms with Crippen LogP contribution in [0.4, 0.5) is 0 Å². The Morgan fingerprint density at radius 2 is 1.89 bits per heavy atom. The molecule has 1 heterocycles. The number of halogens is 2. The van der Waals surface area contributed by atoms with Crippen molar-refractivity contribution in [2.24, 2.45) is 0 Å². The number of aromatic nitrogens is 1. The monoisotopic (exact) mass is 360 g/mol. The molecule has 0 aliphatic heterocycles. The van der Waals surface area contributed by atoms with Gasteiger partial charge in [-0.2, -0.15) is 0 Å². The van der Waals surface area contributed by atoms with E-state index in [9.17, 15) is 8.42 Å². The topological polar surface area (TPSA) is 59.1 Å². The zero-order valence-corrected chi connectivity index (χ0v) is 12.8. The van der Waals surface area contributed by atoms with Crippen molar-refractivity contribution in [1.29, 1.82) is 0 Å². The molecule has 0 saturated carbocycles. The van der Waals surface area contributed by atoms with Crippen LogP contribution in [0.15, 0.2) is 52.0 Å². The van der Waals surface area contributed by atoms with Gasteiger partial charge in [0.1, 0.15) is 5.15 Å². The van der Waals surface area contributed by atoms with Crippen LogP contribution in [0.5, 0.6) is 0 Å². The summed E-state index contributed by atoms with van der Waals surface area (Å²) in [7, 11) is -3.58. The third-order valence-corrected chi connectivity index (χ3v) is 4.52. The first-order valence-corrected chi connectivity index (χ1v) is 7.98. The lowest BCUT2D eigenvalue weighted by molar-refractivity contribution is 0.581. The summed E-state index contributed by atoms with van der Waals surface area (Å²) < 4.78 is 27.5. The predicted molar refractivity (Wildman–Crippen MR) is 77.4 cm³/mol. The molecule has 0 atom stereocenters. The number of nitrogens with one attached hydrogen (secondary N) is 1. The van der Waals surface area contributed by atoms with Crippen LogP contribution >= 0.6 is 27.5 Å². The quantitative estimate of drug-likeness (QED) is 0.852. The minimum absolute atomic E-state index is 0.101. The number of hydrogen-bond donors (Lipinski definition) is 1. The van der Waals surface area contributed by atoms with Crippen molar-refractivity contribution in [2.75, 3.05) is 0 Å². The summed E-state index contributed by atoms with van der Waals surface area (Å²) in [6, 6.07) is 10.1. The lowest BCUT2D eigenvalue weighted by Crippen LogP contribution is -2.23. The molecular weight excluding hydrogens is 352 g/mol. The Hall–Kier alpha value is -0.950. The fourth-order valence-electron chi connectivity index (χ4n) is 1.42. The van der Waals surface area contributed by atoms with Crippen LogP contribution in [-0.2, 0) is 16.6 Å². The summed E-state index contributed by atoms with van der Waals surface area (Å²) in [6.45, 7) is 0.218. The van der Waals surface area contributed by atoms with Crippen LogP contribution in [0.25, 0.3) is 0 Å². The minimum Gasteiger partial charge on any atom is -0.244 e. The van der Waals surface area contributed by atoms with Crippen molar-refractivity contribution in [3.63, 3.8) is 0 Å². The largest absolute Gasteiger partial charge is 0.244 e. The molecule has 0 amide bonds. The first-order valence-electron chi connectivity index (χ1n) is 5.33. The maximum atomic E-state index is 12.0. The number of hydrogen-bond acceptors (Lipinski definition) is 3. The van der Waals surface area contributed by atoms with Gasteiger partial charge in [0.05, 0.1) is 4.90 Å². The van der Waals surface area contributed by atoms with Crippen molar-refractivity contribution < 1.29 is 8.42 Å². The molecule has 0 radical (unpaired) electrons. The molecule has 0 saturated heterocycles. The summed E-state index contributed by atoms with van der Waals surface area (Å²) in [5, 5.41) is 0.145. The van der Waals surface area contributed by atoms with E-state index in [1.165, 1.54) is 18.3 Å². The van der Waals surface area contributed by atoms with Crippen molar-refractivity contribution in [2.45, 2.75) is 11.4 Å². The number of nitrogens with zero attached hydrogens (tertiary/aromatic N) is 1. The van der Waals surface area contributed by atoms with Gasteiger partial charge in [-0.1, -0.05) is 39.7 Å². The first-order chi connectivity index (χ1) is 8.97. The molecule has 0 unspecified atom stereocenters. The van der Waals surface area contributed by atoms with Gasteiger partial charge >= 0.3 is 0 Å². The molecule has 2 rings (SSSR count). The molecule has 100 valence electrons. The number of rotatable bonds is 4. The van der Waals surface area contributed by atoms with E-state index < -0.39 is 10.0 Å². The zero-order chi connectivity index (χ0) is 13.9. The van der Waals surface area contributed by atoms with E-state index in [0.717, 1.165) is 10.0 Å². The molecule has 0 fully saturated rings. The molecule has 19 heavy (non-hydrogen) atoms. The van der Waals surface area contributed by atoms with Crippen LogP contribution in [0.1, 0.15) is 5.56 Å². The predicted octanol–water partition coefficient (Wildman–Crippen LogP) is 2.98. The highest BCUT2D eigenvalue weighted by molar-refractivity contribution is 9.10.